The lowest BCUT2D eigenvalue weighted by Crippen LogP contribution is -2.48. The summed E-state index contributed by atoms with van der Waals surface area (Å²) in [7, 11) is 0. The van der Waals surface area contributed by atoms with Crippen LogP contribution in [0.4, 0.5) is 4.79 Å². The zero-order chi connectivity index (χ0) is 20.4. The molecule has 1 saturated carbocycles. The first-order valence-corrected chi connectivity index (χ1v) is 10.0. The van der Waals surface area contributed by atoms with E-state index in [4.69, 9.17) is 9.47 Å². The number of rotatable bonds is 8. The van der Waals surface area contributed by atoms with Gasteiger partial charge in [-0.3, -0.25) is 10.1 Å². The van der Waals surface area contributed by atoms with E-state index in [9.17, 15) is 14.4 Å². The number of nitrogens with one attached hydrogen (secondary N) is 2. The van der Waals surface area contributed by atoms with Crippen LogP contribution in [0.5, 0.6) is 5.75 Å². The number of esters is 1. The van der Waals surface area contributed by atoms with E-state index in [0.29, 0.717) is 17.9 Å². The molecule has 154 valence electrons. The summed E-state index contributed by atoms with van der Waals surface area (Å²) < 4.78 is 10.7. The molecule has 1 fully saturated rings. The van der Waals surface area contributed by atoms with Gasteiger partial charge in [0.15, 0.2) is 6.10 Å². The molecule has 0 unspecified atom stereocenters. The highest BCUT2D eigenvalue weighted by Crippen LogP contribution is 2.17. The second-order valence-electron chi connectivity index (χ2n) is 7.07. The van der Waals surface area contributed by atoms with Gasteiger partial charge in [0.1, 0.15) is 5.75 Å². The molecule has 1 aliphatic carbocycles. The maximum absolute atomic E-state index is 12.2. The Kier molecular flexibility index (Phi) is 8.78. The molecule has 7 nitrogen and oxygen atoms in total. The van der Waals surface area contributed by atoms with Crippen molar-refractivity contribution < 1.29 is 23.9 Å². The average Bonchev–Trinajstić information content (AvgIpc) is 2.69. The number of hydrogen-bond acceptors (Lipinski definition) is 5. The van der Waals surface area contributed by atoms with Crippen molar-refractivity contribution in [2.75, 3.05) is 6.61 Å². The van der Waals surface area contributed by atoms with Crippen molar-refractivity contribution >= 4 is 17.9 Å². The first kappa shape index (κ1) is 21.7. The van der Waals surface area contributed by atoms with E-state index in [-0.39, 0.29) is 6.04 Å². The molecule has 0 heterocycles. The Labute approximate surface area is 166 Å². The molecule has 0 bridgehead atoms. The molecular weight excluding hydrogens is 360 g/mol. The molecule has 0 radical (unpaired) electrons. The standard InChI is InChI=1S/C21H30N2O5/c1-3-4-14-27-18-12-10-16(11-13-18)20(25)28-15(2)19(24)23-21(26)22-17-8-6-5-7-9-17/h10-13,15,17H,3-9,14H2,1-2H3,(H2,22,23,24,26)/t15-/m1/s1. The van der Waals surface area contributed by atoms with Crippen LogP contribution in [-0.2, 0) is 9.53 Å². The third-order valence-corrected chi connectivity index (χ3v) is 4.69. The van der Waals surface area contributed by atoms with Gasteiger partial charge in [-0.25, -0.2) is 9.59 Å². The number of hydrogen-bond donors (Lipinski definition) is 2. The van der Waals surface area contributed by atoms with Crippen LogP contribution in [0.15, 0.2) is 24.3 Å². The van der Waals surface area contributed by atoms with Gasteiger partial charge < -0.3 is 14.8 Å². The van der Waals surface area contributed by atoms with Gasteiger partial charge in [0.2, 0.25) is 0 Å². The smallest absolute Gasteiger partial charge is 0.338 e. The second-order valence-corrected chi connectivity index (χ2v) is 7.07. The summed E-state index contributed by atoms with van der Waals surface area (Å²) in [6.07, 6.45) is 6.11. The predicted octanol–water partition coefficient (Wildman–Crippen LogP) is 3.57. The number of amides is 3. The summed E-state index contributed by atoms with van der Waals surface area (Å²) in [6, 6.07) is 6.10. The topological polar surface area (TPSA) is 93.7 Å². The van der Waals surface area contributed by atoms with Crippen LogP contribution in [0.3, 0.4) is 0 Å². The van der Waals surface area contributed by atoms with Crippen LogP contribution < -0.4 is 15.4 Å². The average molecular weight is 390 g/mol. The summed E-state index contributed by atoms with van der Waals surface area (Å²) in [5.74, 6) is -0.605. The Balaban J connectivity index is 1.77. The van der Waals surface area contributed by atoms with Gasteiger partial charge in [0.25, 0.3) is 5.91 Å². The Morgan fingerprint density at radius 3 is 2.43 bits per heavy atom. The summed E-state index contributed by atoms with van der Waals surface area (Å²) in [5.41, 5.74) is 0.314. The molecule has 1 aromatic rings. The van der Waals surface area contributed by atoms with Crippen molar-refractivity contribution in [1.82, 2.24) is 10.6 Å². The lowest BCUT2D eigenvalue weighted by Gasteiger charge is -2.23. The first-order valence-electron chi connectivity index (χ1n) is 10.0. The van der Waals surface area contributed by atoms with E-state index in [1.807, 2.05) is 0 Å². The SMILES string of the molecule is CCCCOc1ccc(C(=O)O[C@H](C)C(=O)NC(=O)NC2CCCCC2)cc1. The fraction of sp³-hybridized carbons (Fsp3) is 0.571. The largest absolute Gasteiger partial charge is 0.494 e. The van der Waals surface area contributed by atoms with E-state index in [0.717, 1.165) is 38.5 Å². The van der Waals surface area contributed by atoms with E-state index in [2.05, 4.69) is 17.6 Å². The van der Waals surface area contributed by atoms with Gasteiger partial charge in [-0.2, -0.15) is 0 Å². The fourth-order valence-electron chi connectivity index (χ4n) is 2.99. The molecule has 1 atom stereocenters. The minimum absolute atomic E-state index is 0.0949. The number of ether oxygens (including phenoxy) is 2. The van der Waals surface area contributed by atoms with Crippen LogP contribution in [0, 0.1) is 0 Å². The van der Waals surface area contributed by atoms with Gasteiger partial charge in [-0.1, -0.05) is 32.6 Å². The molecular formula is C21H30N2O5. The fourth-order valence-corrected chi connectivity index (χ4v) is 2.99. The minimum Gasteiger partial charge on any atom is -0.494 e. The molecule has 0 spiro atoms. The van der Waals surface area contributed by atoms with Gasteiger partial charge in [0.05, 0.1) is 12.2 Å². The minimum atomic E-state index is -1.08. The van der Waals surface area contributed by atoms with Crippen molar-refractivity contribution in [2.24, 2.45) is 0 Å². The van der Waals surface area contributed by atoms with Gasteiger partial charge >= 0.3 is 12.0 Å². The Morgan fingerprint density at radius 2 is 1.79 bits per heavy atom. The van der Waals surface area contributed by atoms with Crippen LogP contribution >= 0.6 is 0 Å². The molecule has 1 aliphatic rings. The maximum atomic E-state index is 12.2. The van der Waals surface area contributed by atoms with E-state index in [1.54, 1.807) is 24.3 Å². The van der Waals surface area contributed by atoms with E-state index in [1.165, 1.54) is 13.3 Å². The van der Waals surface area contributed by atoms with Crippen molar-refractivity contribution in [3.63, 3.8) is 0 Å². The third kappa shape index (κ3) is 7.21. The maximum Gasteiger partial charge on any atom is 0.338 e. The second kappa shape index (κ2) is 11.3. The quantitative estimate of drug-likeness (QED) is 0.523. The summed E-state index contributed by atoms with van der Waals surface area (Å²) in [4.78, 5) is 36.2. The molecule has 28 heavy (non-hydrogen) atoms. The highest BCUT2D eigenvalue weighted by Gasteiger charge is 2.22. The Hall–Kier alpha value is -2.57. The zero-order valence-electron chi connectivity index (χ0n) is 16.7. The summed E-state index contributed by atoms with van der Waals surface area (Å²) >= 11 is 0. The van der Waals surface area contributed by atoms with Crippen molar-refractivity contribution in [3.05, 3.63) is 29.8 Å². The number of urea groups is 1. The van der Waals surface area contributed by atoms with E-state index >= 15 is 0 Å². The molecule has 2 rings (SSSR count). The highest BCUT2D eigenvalue weighted by molar-refractivity contribution is 5.98. The van der Waals surface area contributed by atoms with Crippen molar-refractivity contribution in [1.29, 1.82) is 0 Å². The first-order chi connectivity index (χ1) is 13.5. The van der Waals surface area contributed by atoms with Gasteiger partial charge in [-0.05, 0) is 50.5 Å². The Bertz CT molecular complexity index is 653. The van der Waals surface area contributed by atoms with Crippen LogP contribution in [-0.4, -0.2) is 36.7 Å². The zero-order valence-corrected chi connectivity index (χ0v) is 16.7. The normalized spacial score (nSPS) is 15.4. The highest BCUT2D eigenvalue weighted by atomic mass is 16.5. The van der Waals surface area contributed by atoms with E-state index < -0.39 is 24.0 Å². The monoisotopic (exact) mass is 390 g/mol. The molecule has 2 N–H and O–H groups in total. The van der Waals surface area contributed by atoms with Crippen LogP contribution in [0.2, 0.25) is 0 Å². The van der Waals surface area contributed by atoms with Crippen molar-refractivity contribution in [3.8, 4) is 5.75 Å². The molecule has 1 aromatic carbocycles. The number of carbonyl (C=O) groups excluding carboxylic acids is 3. The van der Waals surface area contributed by atoms with Crippen molar-refractivity contribution in [2.45, 2.75) is 70.9 Å². The van der Waals surface area contributed by atoms with Crippen LogP contribution in [0.1, 0.15) is 69.2 Å². The Morgan fingerprint density at radius 1 is 1.11 bits per heavy atom. The molecule has 3 amide bonds. The number of imide groups is 1. The molecule has 7 heteroatoms. The predicted molar refractivity (Wildman–Crippen MR) is 105 cm³/mol. The third-order valence-electron chi connectivity index (χ3n) is 4.69. The number of unbranched alkanes of at least 4 members (excludes halogenated alkanes) is 1. The summed E-state index contributed by atoms with van der Waals surface area (Å²) in [5, 5.41) is 5.03. The van der Waals surface area contributed by atoms with Crippen LogP contribution in [0.25, 0.3) is 0 Å². The summed E-state index contributed by atoms with van der Waals surface area (Å²) in [6.45, 7) is 4.14. The molecule has 0 aliphatic heterocycles. The molecule has 0 aromatic heterocycles. The number of carbonyl (C=O) groups is 3. The van der Waals surface area contributed by atoms with Gasteiger partial charge in [0, 0.05) is 6.04 Å². The molecule has 0 saturated heterocycles. The lowest BCUT2D eigenvalue weighted by molar-refractivity contribution is -0.127. The van der Waals surface area contributed by atoms with Gasteiger partial charge in [-0.15, -0.1) is 0 Å². The lowest BCUT2D eigenvalue weighted by atomic mass is 9.96. The number of benzene rings is 1.